The van der Waals surface area contributed by atoms with Gasteiger partial charge in [0.25, 0.3) is 5.91 Å². The van der Waals surface area contributed by atoms with Gasteiger partial charge in [-0.05, 0) is 60.5 Å². The molecular weight excluding hydrogens is 368 g/mol. The van der Waals surface area contributed by atoms with E-state index in [9.17, 15) is 4.79 Å². The molecule has 3 aromatic carbocycles. The van der Waals surface area contributed by atoms with Crippen molar-refractivity contribution in [2.45, 2.75) is 13.3 Å². The van der Waals surface area contributed by atoms with Gasteiger partial charge in [-0.2, -0.15) is 0 Å². The zero-order chi connectivity index (χ0) is 19.8. The molecule has 1 N–H and O–H groups in total. The number of aromatic nitrogens is 1. The van der Waals surface area contributed by atoms with Crippen molar-refractivity contribution < 1.29 is 18.7 Å². The highest BCUT2D eigenvalue weighted by atomic mass is 16.7. The first-order valence-electron chi connectivity index (χ1n) is 9.40. The SMILES string of the molecule is CCc1ccc2oc(-c3cccc(NC(=O)c4ccc5c(c4)OCO5)c3)nc2c1. The molecule has 0 radical (unpaired) electrons. The van der Waals surface area contributed by atoms with E-state index in [1.165, 1.54) is 5.56 Å². The van der Waals surface area contributed by atoms with Crippen LogP contribution in [0, 0.1) is 0 Å². The van der Waals surface area contributed by atoms with E-state index in [1.807, 2.05) is 42.5 Å². The number of rotatable bonds is 4. The Balaban J connectivity index is 1.40. The van der Waals surface area contributed by atoms with Gasteiger partial charge >= 0.3 is 0 Å². The van der Waals surface area contributed by atoms with E-state index in [4.69, 9.17) is 13.9 Å². The Morgan fingerprint density at radius 2 is 1.93 bits per heavy atom. The van der Waals surface area contributed by atoms with Crippen LogP contribution in [-0.2, 0) is 6.42 Å². The normalized spacial score (nSPS) is 12.3. The highest BCUT2D eigenvalue weighted by Crippen LogP contribution is 2.33. The van der Waals surface area contributed by atoms with Crippen molar-refractivity contribution in [3.8, 4) is 23.0 Å². The number of nitrogens with zero attached hydrogens (tertiary/aromatic N) is 1. The number of hydrogen-bond acceptors (Lipinski definition) is 5. The molecule has 2 heterocycles. The largest absolute Gasteiger partial charge is 0.454 e. The van der Waals surface area contributed by atoms with Crippen molar-refractivity contribution in [2.75, 3.05) is 12.1 Å². The standard InChI is InChI=1S/C23H18N2O4/c1-2-14-6-8-19-18(10-14)25-23(29-19)16-4-3-5-17(11-16)24-22(26)15-7-9-20-21(12-15)28-13-27-20/h3-12H,2,13H2,1H3,(H,24,26). The fourth-order valence-corrected chi connectivity index (χ4v) is 3.29. The van der Waals surface area contributed by atoms with E-state index in [1.54, 1.807) is 18.2 Å². The molecule has 0 fully saturated rings. The van der Waals surface area contributed by atoms with E-state index in [0.29, 0.717) is 28.6 Å². The first kappa shape index (κ1) is 17.3. The summed E-state index contributed by atoms with van der Waals surface area (Å²) in [5, 5.41) is 2.91. The monoisotopic (exact) mass is 386 g/mol. The van der Waals surface area contributed by atoms with Crippen LogP contribution in [0.15, 0.2) is 65.1 Å². The fourth-order valence-electron chi connectivity index (χ4n) is 3.29. The van der Waals surface area contributed by atoms with Gasteiger partial charge in [0.2, 0.25) is 12.7 Å². The molecule has 0 spiro atoms. The third-order valence-electron chi connectivity index (χ3n) is 4.86. The minimum Gasteiger partial charge on any atom is -0.454 e. The molecule has 0 saturated carbocycles. The van der Waals surface area contributed by atoms with Gasteiger partial charge in [0, 0.05) is 16.8 Å². The second kappa shape index (κ2) is 6.98. The summed E-state index contributed by atoms with van der Waals surface area (Å²) < 4.78 is 16.5. The Kier molecular flexibility index (Phi) is 4.17. The van der Waals surface area contributed by atoms with E-state index in [2.05, 4.69) is 17.2 Å². The lowest BCUT2D eigenvalue weighted by atomic mass is 10.1. The molecule has 144 valence electrons. The molecule has 6 heteroatoms. The molecule has 4 aromatic rings. The molecule has 0 unspecified atom stereocenters. The van der Waals surface area contributed by atoms with Crippen LogP contribution in [0.4, 0.5) is 5.69 Å². The number of anilines is 1. The van der Waals surface area contributed by atoms with Crippen LogP contribution >= 0.6 is 0 Å². The predicted octanol–water partition coefficient (Wildman–Crippen LogP) is 5.04. The molecule has 0 atom stereocenters. The number of aryl methyl sites for hydroxylation is 1. The molecule has 29 heavy (non-hydrogen) atoms. The van der Waals surface area contributed by atoms with Crippen LogP contribution in [-0.4, -0.2) is 17.7 Å². The number of amides is 1. The van der Waals surface area contributed by atoms with Crippen molar-refractivity contribution in [3.05, 3.63) is 71.8 Å². The van der Waals surface area contributed by atoms with Gasteiger partial charge in [0.15, 0.2) is 17.1 Å². The number of ether oxygens (including phenoxy) is 2. The van der Waals surface area contributed by atoms with Crippen LogP contribution in [0.25, 0.3) is 22.6 Å². The van der Waals surface area contributed by atoms with E-state index in [0.717, 1.165) is 23.1 Å². The third-order valence-corrected chi connectivity index (χ3v) is 4.86. The first-order valence-corrected chi connectivity index (χ1v) is 9.40. The molecule has 0 saturated heterocycles. The topological polar surface area (TPSA) is 73.6 Å². The summed E-state index contributed by atoms with van der Waals surface area (Å²) in [6.07, 6.45) is 0.944. The summed E-state index contributed by atoms with van der Waals surface area (Å²) in [6.45, 7) is 2.28. The van der Waals surface area contributed by atoms with Gasteiger partial charge in [-0.1, -0.05) is 19.1 Å². The minimum atomic E-state index is -0.231. The molecule has 0 bridgehead atoms. The fraction of sp³-hybridized carbons (Fsp3) is 0.130. The average Bonchev–Trinajstić information content (AvgIpc) is 3.39. The smallest absolute Gasteiger partial charge is 0.255 e. The number of benzene rings is 3. The highest BCUT2D eigenvalue weighted by Gasteiger charge is 2.17. The lowest BCUT2D eigenvalue weighted by Gasteiger charge is -2.07. The van der Waals surface area contributed by atoms with Gasteiger partial charge < -0.3 is 19.2 Å². The Morgan fingerprint density at radius 1 is 1.03 bits per heavy atom. The van der Waals surface area contributed by atoms with Crippen LogP contribution in [0.5, 0.6) is 11.5 Å². The highest BCUT2D eigenvalue weighted by molar-refractivity contribution is 6.05. The quantitative estimate of drug-likeness (QED) is 0.532. The summed E-state index contributed by atoms with van der Waals surface area (Å²) in [5.41, 5.74) is 4.72. The van der Waals surface area contributed by atoms with Crippen LogP contribution in [0.1, 0.15) is 22.8 Å². The molecule has 1 aliphatic rings. The Hall–Kier alpha value is -3.80. The van der Waals surface area contributed by atoms with Crippen molar-refractivity contribution in [3.63, 3.8) is 0 Å². The second-order valence-electron chi connectivity index (χ2n) is 6.78. The maximum absolute atomic E-state index is 12.6. The lowest BCUT2D eigenvalue weighted by Crippen LogP contribution is -2.11. The van der Waals surface area contributed by atoms with Crippen molar-refractivity contribution in [1.29, 1.82) is 0 Å². The van der Waals surface area contributed by atoms with Gasteiger partial charge in [0.05, 0.1) is 0 Å². The van der Waals surface area contributed by atoms with E-state index >= 15 is 0 Å². The number of nitrogens with one attached hydrogen (secondary N) is 1. The number of hydrogen-bond donors (Lipinski definition) is 1. The van der Waals surface area contributed by atoms with Gasteiger partial charge in [0.1, 0.15) is 5.52 Å². The Labute approximate surface area is 167 Å². The first-order chi connectivity index (χ1) is 14.2. The molecular formula is C23H18N2O4. The molecule has 1 amide bonds. The van der Waals surface area contributed by atoms with Crippen LogP contribution < -0.4 is 14.8 Å². The van der Waals surface area contributed by atoms with Crippen molar-refractivity contribution in [1.82, 2.24) is 4.98 Å². The summed E-state index contributed by atoms with van der Waals surface area (Å²) in [4.78, 5) is 17.2. The summed E-state index contributed by atoms with van der Waals surface area (Å²) in [7, 11) is 0. The molecule has 6 nitrogen and oxygen atoms in total. The minimum absolute atomic E-state index is 0.173. The lowest BCUT2D eigenvalue weighted by molar-refractivity contribution is 0.102. The van der Waals surface area contributed by atoms with Crippen LogP contribution in [0.3, 0.4) is 0 Å². The van der Waals surface area contributed by atoms with Gasteiger partial charge in [-0.15, -0.1) is 0 Å². The summed E-state index contributed by atoms with van der Waals surface area (Å²) in [5.74, 6) is 1.51. The molecule has 1 aliphatic heterocycles. The number of carbonyl (C=O) groups is 1. The second-order valence-corrected chi connectivity index (χ2v) is 6.78. The molecule has 0 aliphatic carbocycles. The van der Waals surface area contributed by atoms with Gasteiger partial charge in [-0.25, -0.2) is 4.98 Å². The number of fused-ring (bicyclic) bond motifs is 2. The molecule has 1 aromatic heterocycles. The summed E-state index contributed by atoms with van der Waals surface area (Å²) in [6, 6.07) is 18.6. The zero-order valence-electron chi connectivity index (χ0n) is 15.8. The van der Waals surface area contributed by atoms with Crippen molar-refractivity contribution in [2.24, 2.45) is 0 Å². The van der Waals surface area contributed by atoms with E-state index in [-0.39, 0.29) is 12.7 Å². The summed E-state index contributed by atoms with van der Waals surface area (Å²) >= 11 is 0. The Bertz CT molecular complexity index is 1230. The van der Waals surface area contributed by atoms with Crippen molar-refractivity contribution >= 4 is 22.7 Å². The predicted molar refractivity (Wildman–Crippen MR) is 109 cm³/mol. The zero-order valence-corrected chi connectivity index (χ0v) is 15.8. The van der Waals surface area contributed by atoms with E-state index < -0.39 is 0 Å². The number of carbonyl (C=O) groups excluding carboxylic acids is 1. The third kappa shape index (κ3) is 3.29. The maximum atomic E-state index is 12.6. The van der Waals surface area contributed by atoms with Crippen LogP contribution in [0.2, 0.25) is 0 Å². The Morgan fingerprint density at radius 3 is 2.83 bits per heavy atom. The van der Waals surface area contributed by atoms with Gasteiger partial charge in [-0.3, -0.25) is 4.79 Å². The average molecular weight is 386 g/mol. The molecule has 5 rings (SSSR count). The number of oxazole rings is 1. The maximum Gasteiger partial charge on any atom is 0.255 e.